The number of nitrogens with one attached hydrogen (secondary N) is 2. The first-order chi connectivity index (χ1) is 10.1. The Bertz CT molecular complexity index is 639. The van der Waals surface area contributed by atoms with Crippen LogP contribution >= 0.6 is 11.6 Å². The predicted octanol–water partition coefficient (Wildman–Crippen LogP) is 1.93. The Hall–Kier alpha value is -2.41. The third-order valence-corrected chi connectivity index (χ3v) is 2.78. The molecule has 21 heavy (non-hydrogen) atoms. The Morgan fingerprint density at radius 2 is 2.05 bits per heavy atom. The highest BCUT2D eigenvalue weighted by Gasteiger charge is 2.13. The minimum Gasteiger partial charge on any atom is -0.460 e. The maximum atomic E-state index is 11.9. The van der Waals surface area contributed by atoms with E-state index < -0.39 is 5.97 Å². The molecule has 0 aliphatic heterocycles. The van der Waals surface area contributed by atoms with Crippen LogP contribution in [0.3, 0.4) is 0 Å². The number of rotatable bonds is 6. The standard InChI is InChI=1S/C13H13ClN4O3/c1-2-21-12(20)11-16-13(18-17-11)15-7-10(19)8-3-5-9(14)6-4-8/h3-6H,2,7H2,1H3,(H2,15,16,17,18). The molecule has 8 heteroatoms. The molecular formula is C13H13ClN4O3. The van der Waals surface area contributed by atoms with Gasteiger partial charge in [-0.05, 0) is 31.2 Å². The Morgan fingerprint density at radius 3 is 2.71 bits per heavy atom. The van der Waals surface area contributed by atoms with Crippen LogP contribution in [0.4, 0.5) is 5.95 Å². The lowest BCUT2D eigenvalue weighted by Crippen LogP contribution is -2.15. The lowest BCUT2D eigenvalue weighted by Gasteiger charge is -2.01. The molecular weight excluding hydrogens is 296 g/mol. The second-order valence-corrected chi connectivity index (χ2v) is 4.45. The zero-order valence-corrected chi connectivity index (χ0v) is 12.0. The normalized spacial score (nSPS) is 10.2. The number of nitrogens with zero attached hydrogens (tertiary/aromatic N) is 2. The average Bonchev–Trinajstić information content (AvgIpc) is 2.95. The lowest BCUT2D eigenvalue weighted by atomic mass is 10.1. The molecule has 7 nitrogen and oxygen atoms in total. The molecule has 110 valence electrons. The highest BCUT2D eigenvalue weighted by atomic mass is 35.5. The minimum atomic E-state index is -0.595. The van der Waals surface area contributed by atoms with E-state index in [1.807, 2.05) is 0 Å². The number of carbonyl (C=O) groups is 2. The van der Waals surface area contributed by atoms with E-state index in [9.17, 15) is 9.59 Å². The van der Waals surface area contributed by atoms with Crippen LogP contribution in [0.25, 0.3) is 0 Å². The fourth-order valence-electron chi connectivity index (χ4n) is 1.53. The molecule has 2 N–H and O–H groups in total. The highest BCUT2D eigenvalue weighted by Crippen LogP contribution is 2.10. The highest BCUT2D eigenvalue weighted by molar-refractivity contribution is 6.30. The summed E-state index contributed by atoms with van der Waals surface area (Å²) in [7, 11) is 0. The third-order valence-electron chi connectivity index (χ3n) is 2.53. The lowest BCUT2D eigenvalue weighted by molar-refractivity contribution is 0.0512. The number of ether oxygens (including phenoxy) is 1. The molecule has 1 heterocycles. The number of hydrogen-bond acceptors (Lipinski definition) is 6. The number of Topliss-reactive ketones (excluding diaryl/α,β-unsaturated/α-hetero) is 1. The fraction of sp³-hybridized carbons (Fsp3) is 0.231. The van der Waals surface area contributed by atoms with E-state index in [0.717, 1.165) is 0 Å². The summed E-state index contributed by atoms with van der Waals surface area (Å²) >= 11 is 5.75. The van der Waals surface area contributed by atoms with Crippen molar-refractivity contribution in [1.29, 1.82) is 0 Å². The molecule has 0 atom stereocenters. The number of anilines is 1. The minimum absolute atomic E-state index is 0.00174. The van der Waals surface area contributed by atoms with E-state index in [1.54, 1.807) is 31.2 Å². The van der Waals surface area contributed by atoms with Crippen LogP contribution in [0, 0.1) is 0 Å². The Kier molecular flexibility index (Phi) is 4.89. The number of H-pyrrole nitrogens is 1. The van der Waals surface area contributed by atoms with Crippen molar-refractivity contribution in [3.63, 3.8) is 0 Å². The van der Waals surface area contributed by atoms with Gasteiger partial charge in [0.1, 0.15) is 0 Å². The van der Waals surface area contributed by atoms with Gasteiger partial charge in [-0.15, -0.1) is 5.10 Å². The number of ketones is 1. The number of aromatic nitrogens is 3. The molecule has 0 saturated heterocycles. The first-order valence-electron chi connectivity index (χ1n) is 6.22. The average molecular weight is 309 g/mol. The maximum absolute atomic E-state index is 11.9. The first-order valence-corrected chi connectivity index (χ1v) is 6.60. The predicted molar refractivity (Wildman–Crippen MR) is 76.6 cm³/mol. The van der Waals surface area contributed by atoms with E-state index >= 15 is 0 Å². The van der Waals surface area contributed by atoms with Crippen LogP contribution in [-0.2, 0) is 4.74 Å². The van der Waals surface area contributed by atoms with Crippen molar-refractivity contribution >= 4 is 29.3 Å². The number of esters is 1. The number of benzene rings is 1. The third kappa shape index (κ3) is 4.03. The number of aromatic amines is 1. The van der Waals surface area contributed by atoms with E-state index in [1.165, 1.54) is 0 Å². The van der Waals surface area contributed by atoms with Crippen LogP contribution in [0.1, 0.15) is 27.9 Å². The largest absolute Gasteiger partial charge is 0.460 e. The van der Waals surface area contributed by atoms with Crippen LogP contribution in [0.15, 0.2) is 24.3 Å². The second-order valence-electron chi connectivity index (χ2n) is 4.01. The molecule has 0 spiro atoms. The molecule has 1 aromatic carbocycles. The molecule has 2 rings (SSSR count). The molecule has 0 saturated carbocycles. The summed E-state index contributed by atoms with van der Waals surface area (Å²) in [6, 6.07) is 6.55. The van der Waals surface area contributed by atoms with Gasteiger partial charge < -0.3 is 10.1 Å². The molecule has 2 aromatic rings. The molecule has 0 bridgehead atoms. The summed E-state index contributed by atoms with van der Waals surface area (Å²) in [5.41, 5.74) is 0.521. The molecule has 0 aliphatic rings. The summed E-state index contributed by atoms with van der Waals surface area (Å²) < 4.78 is 4.77. The van der Waals surface area contributed by atoms with E-state index in [0.29, 0.717) is 10.6 Å². The van der Waals surface area contributed by atoms with E-state index in [4.69, 9.17) is 16.3 Å². The van der Waals surface area contributed by atoms with Crippen molar-refractivity contribution in [2.24, 2.45) is 0 Å². The molecule has 1 aromatic heterocycles. The zero-order chi connectivity index (χ0) is 15.2. The topological polar surface area (TPSA) is 97.0 Å². The zero-order valence-electron chi connectivity index (χ0n) is 11.2. The van der Waals surface area contributed by atoms with Crippen molar-refractivity contribution in [3.8, 4) is 0 Å². The summed E-state index contributed by atoms with van der Waals surface area (Å²) in [6.07, 6.45) is 0. The Balaban J connectivity index is 1.92. The van der Waals surface area contributed by atoms with Gasteiger partial charge in [-0.3, -0.25) is 9.89 Å². The summed E-state index contributed by atoms with van der Waals surface area (Å²) in [5, 5.41) is 9.51. The first kappa shape index (κ1) is 15.0. The Labute approximate surface area is 125 Å². The van der Waals surface area contributed by atoms with Gasteiger partial charge in [-0.1, -0.05) is 11.6 Å². The van der Waals surface area contributed by atoms with Crippen molar-refractivity contribution in [1.82, 2.24) is 15.2 Å². The molecule has 0 radical (unpaired) electrons. The van der Waals surface area contributed by atoms with Gasteiger partial charge in [0.25, 0.3) is 0 Å². The van der Waals surface area contributed by atoms with Crippen molar-refractivity contribution < 1.29 is 14.3 Å². The quantitative estimate of drug-likeness (QED) is 0.625. The van der Waals surface area contributed by atoms with E-state index in [2.05, 4.69) is 20.5 Å². The van der Waals surface area contributed by atoms with Gasteiger partial charge in [-0.2, -0.15) is 4.98 Å². The van der Waals surface area contributed by atoms with Crippen molar-refractivity contribution in [2.75, 3.05) is 18.5 Å². The molecule has 0 amide bonds. The summed E-state index contributed by atoms with van der Waals surface area (Å²) in [6.45, 7) is 1.94. The maximum Gasteiger partial charge on any atom is 0.375 e. The number of hydrogen-bond donors (Lipinski definition) is 2. The van der Waals surface area contributed by atoms with Crippen LogP contribution in [-0.4, -0.2) is 40.1 Å². The smallest absolute Gasteiger partial charge is 0.375 e. The number of carbonyl (C=O) groups excluding carboxylic acids is 2. The Morgan fingerprint density at radius 1 is 1.33 bits per heavy atom. The van der Waals surface area contributed by atoms with Crippen LogP contribution < -0.4 is 5.32 Å². The van der Waals surface area contributed by atoms with Crippen LogP contribution in [0.2, 0.25) is 5.02 Å². The molecule has 0 fully saturated rings. The summed E-state index contributed by atoms with van der Waals surface area (Å²) in [5.74, 6) is -0.602. The van der Waals surface area contributed by atoms with Gasteiger partial charge >= 0.3 is 5.97 Å². The van der Waals surface area contributed by atoms with Crippen LogP contribution in [0.5, 0.6) is 0 Å². The SMILES string of the molecule is CCOC(=O)c1nc(NCC(=O)c2ccc(Cl)cc2)n[nH]1. The molecule has 0 aliphatic carbocycles. The monoisotopic (exact) mass is 308 g/mol. The van der Waals surface area contributed by atoms with E-state index in [-0.39, 0.29) is 30.7 Å². The number of halogens is 1. The second kappa shape index (κ2) is 6.85. The fourth-order valence-corrected chi connectivity index (χ4v) is 1.65. The van der Waals surface area contributed by atoms with Gasteiger partial charge in [0.15, 0.2) is 5.78 Å². The van der Waals surface area contributed by atoms with Crippen molar-refractivity contribution in [3.05, 3.63) is 40.7 Å². The van der Waals surface area contributed by atoms with Gasteiger partial charge in [0, 0.05) is 10.6 Å². The van der Waals surface area contributed by atoms with Crippen molar-refractivity contribution in [2.45, 2.75) is 6.92 Å². The van der Waals surface area contributed by atoms with Gasteiger partial charge in [-0.25, -0.2) is 4.79 Å². The van der Waals surface area contributed by atoms with Gasteiger partial charge in [0.05, 0.1) is 13.2 Å². The summed E-state index contributed by atoms with van der Waals surface area (Å²) in [4.78, 5) is 27.2. The molecule has 0 unspecified atom stereocenters. The van der Waals surface area contributed by atoms with Gasteiger partial charge in [0.2, 0.25) is 11.8 Å².